The van der Waals surface area contributed by atoms with E-state index in [1.165, 1.54) is 0 Å². The van der Waals surface area contributed by atoms with E-state index < -0.39 is 17.8 Å². The third-order valence-electron chi connectivity index (χ3n) is 2.13. The number of aliphatic hydroxyl groups excluding tert-OH is 1. The van der Waals surface area contributed by atoms with E-state index in [1.807, 2.05) is 0 Å². The molecule has 9 nitrogen and oxygen atoms in total. The van der Waals surface area contributed by atoms with E-state index in [1.54, 1.807) is 0 Å². The summed E-state index contributed by atoms with van der Waals surface area (Å²) >= 11 is 0. The Bertz CT molecular complexity index is 498. The quantitative estimate of drug-likeness (QED) is 0.388. The minimum atomic E-state index is -1.78. The molecule has 0 spiro atoms. The van der Waals surface area contributed by atoms with Crippen LogP contribution in [0.15, 0.2) is 4.79 Å². The minimum absolute atomic E-state index is 0.0242. The summed E-state index contributed by atoms with van der Waals surface area (Å²) in [5.74, 6) is -1.55. The molecule has 1 unspecified atom stereocenters. The number of hydrogen-bond donors (Lipinski definition) is 5. The average Bonchev–Trinajstić information content (AvgIpc) is 2.60. The van der Waals surface area contributed by atoms with Gasteiger partial charge in [0.15, 0.2) is 5.82 Å². The standard InChI is InChI=1S/C7H9N5O4/c8-7-10-3-2(4(13)11-7)9-1-12(3)5(14)6(15)16/h5,9,14H,1H2,(H,15,16)(H3,8,10,11,13). The van der Waals surface area contributed by atoms with Crippen LogP contribution in [0.25, 0.3) is 0 Å². The number of carbonyl (C=O) groups is 1. The normalized spacial score (nSPS) is 15.4. The number of fused-ring (bicyclic) bond motifs is 1. The molecule has 0 aromatic carbocycles. The lowest BCUT2D eigenvalue weighted by Crippen LogP contribution is -2.41. The molecular formula is C7H9N5O4. The Balaban J connectivity index is 2.47. The lowest BCUT2D eigenvalue weighted by atomic mass is 10.4. The van der Waals surface area contributed by atoms with E-state index in [4.69, 9.17) is 10.8 Å². The van der Waals surface area contributed by atoms with Crippen molar-refractivity contribution in [2.45, 2.75) is 6.23 Å². The number of carboxylic acid groups (broad SMARTS) is 1. The predicted octanol–water partition coefficient (Wildman–Crippen LogP) is -2.06. The number of H-pyrrole nitrogens is 1. The highest BCUT2D eigenvalue weighted by Crippen LogP contribution is 2.26. The Hall–Kier alpha value is -2.29. The van der Waals surface area contributed by atoms with Gasteiger partial charge in [0.05, 0.1) is 6.67 Å². The molecule has 86 valence electrons. The van der Waals surface area contributed by atoms with E-state index in [-0.39, 0.29) is 24.1 Å². The third kappa shape index (κ3) is 1.42. The van der Waals surface area contributed by atoms with E-state index in [2.05, 4.69) is 15.3 Å². The minimum Gasteiger partial charge on any atom is -0.478 e. The molecule has 1 aromatic heterocycles. The number of aliphatic hydroxyl groups is 1. The lowest BCUT2D eigenvalue weighted by Gasteiger charge is -2.19. The molecule has 6 N–H and O–H groups in total. The van der Waals surface area contributed by atoms with Crippen molar-refractivity contribution in [2.75, 3.05) is 22.6 Å². The number of aliphatic carboxylic acids is 1. The van der Waals surface area contributed by atoms with Crippen LogP contribution >= 0.6 is 0 Å². The highest BCUT2D eigenvalue weighted by molar-refractivity contribution is 5.80. The second-order valence-electron chi connectivity index (χ2n) is 3.17. The predicted molar refractivity (Wildman–Crippen MR) is 53.9 cm³/mol. The molecule has 2 rings (SSSR count). The van der Waals surface area contributed by atoms with Gasteiger partial charge in [0.1, 0.15) is 5.69 Å². The molecule has 0 bridgehead atoms. The Morgan fingerprint density at radius 3 is 2.94 bits per heavy atom. The van der Waals surface area contributed by atoms with E-state index in [0.29, 0.717) is 0 Å². The Morgan fingerprint density at radius 2 is 2.31 bits per heavy atom. The summed E-state index contributed by atoms with van der Waals surface area (Å²) < 4.78 is 0. The molecule has 0 saturated carbocycles. The van der Waals surface area contributed by atoms with Crippen molar-refractivity contribution in [3.63, 3.8) is 0 Å². The molecular weight excluding hydrogens is 218 g/mol. The fraction of sp³-hybridized carbons (Fsp3) is 0.286. The summed E-state index contributed by atoms with van der Waals surface area (Å²) in [7, 11) is 0. The summed E-state index contributed by atoms with van der Waals surface area (Å²) in [5, 5.41) is 20.6. The first-order chi connectivity index (χ1) is 7.50. The number of nitrogens with two attached hydrogens (primary N) is 1. The molecule has 16 heavy (non-hydrogen) atoms. The van der Waals surface area contributed by atoms with Crippen LogP contribution in [0.5, 0.6) is 0 Å². The van der Waals surface area contributed by atoms with Gasteiger partial charge >= 0.3 is 5.97 Å². The highest BCUT2D eigenvalue weighted by Gasteiger charge is 2.32. The number of carboxylic acids is 1. The van der Waals surface area contributed by atoms with Crippen LogP contribution in [0.2, 0.25) is 0 Å². The molecule has 1 aliphatic heterocycles. The first kappa shape index (κ1) is 10.2. The zero-order chi connectivity index (χ0) is 11.9. The van der Waals surface area contributed by atoms with Gasteiger partial charge in [-0.1, -0.05) is 0 Å². The Labute approximate surface area is 88.5 Å². The van der Waals surface area contributed by atoms with Crippen molar-refractivity contribution >= 4 is 23.4 Å². The molecule has 2 heterocycles. The summed E-state index contributed by atoms with van der Waals surface area (Å²) in [6.07, 6.45) is -1.78. The number of nitrogens with zero attached hydrogens (tertiary/aromatic N) is 2. The fourth-order valence-electron chi connectivity index (χ4n) is 1.42. The van der Waals surface area contributed by atoms with Crippen molar-refractivity contribution in [1.82, 2.24) is 9.97 Å². The maximum atomic E-state index is 11.4. The summed E-state index contributed by atoms with van der Waals surface area (Å²) in [6, 6.07) is 0. The maximum absolute atomic E-state index is 11.4. The molecule has 1 atom stereocenters. The molecule has 1 aliphatic rings. The van der Waals surface area contributed by atoms with Crippen LogP contribution in [0.3, 0.4) is 0 Å². The van der Waals surface area contributed by atoms with E-state index in [9.17, 15) is 14.7 Å². The van der Waals surface area contributed by atoms with Crippen molar-refractivity contribution in [3.05, 3.63) is 10.4 Å². The lowest BCUT2D eigenvalue weighted by molar-refractivity contribution is -0.146. The van der Waals surface area contributed by atoms with Gasteiger partial charge in [-0.15, -0.1) is 0 Å². The van der Waals surface area contributed by atoms with Crippen molar-refractivity contribution in [1.29, 1.82) is 0 Å². The first-order valence-electron chi connectivity index (χ1n) is 4.32. The van der Waals surface area contributed by atoms with Crippen LogP contribution in [-0.2, 0) is 4.79 Å². The van der Waals surface area contributed by atoms with Crippen LogP contribution in [0.1, 0.15) is 0 Å². The summed E-state index contributed by atoms with van der Waals surface area (Å²) in [4.78, 5) is 29.0. The molecule has 0 aliphatic carbocycles. The number of aromatic amines is 1. The number of nitrogens with one attached hydrogen (secondary N) is 2. The molecule has 1 aromatic rings. The zero-order valence-corrected chi connectivity index (χ0v) is 7.97. The van der Waals surface area contributed by atoms with E-state index in [0.717, 1.165) is 4.90 Å². The number of rotatable bonds is 2. The number of aromatic nitrogens is 2. The maximum Gasteiger partial charge on any atom is 0.354 e. The zero-order valence-electron chi connectivity index (χ0n) is 7.97. The molecule has 0 radical (unpaired) electrons. The topological polar surface area (TPSA) is 145 Å². The molecule has 0 amide bonds. The molecule has 0 saturated heterocycles. The second kappa shape index (κ2) is 3.38. The monoisotopic (exact) mass is 227 g/mol. The van der Waals surface area contributed by atoms with Crippen molar-refractivity contribution < 1.29 is 15.0 Å². The fourth-order valence-corrected chi connectivity index (χ4v) is 1.42. The smallest absolute Gasteiger partial charge is 0.354 e. The van der Waals surface area contributed by atoms with Gasteiger partial charge in [0.2, 0.25) is 12.2 Å². The van der Waals surface area contributed by atoms with Crippen LogP contribution in [0, 0.1) is 0 Å². The molecule has 0 fully saturated rings. The largest absolute Gasteiger partial charge is 0.478 e. The third-order valence-corrected chi connectivity index (χ3v) is 2.13. The van der Waals surface area contributed by atoms with Crippen molar-refractivity contribution in [2.24, 2.45) is 0 Å². The van der Waals surface area contributed by atoms with Gasteiger partial charge in [-0.25, -0.2) is 4.79 Å². The van der Waals surface area contributed by atoms with Crippen LogP contribution in [-0.4, -0.2) is 39.0 Å². The van der Waals surface area contributed by atoms with Crippen molar-refractivity contribution in [3.8, 4) is 0 Å². The number of nitrogen functional groups attached to an aromatic ring is 1. The Kier molecular flexibility index (Phi) is 2.16. The highest BCUT2D eigenvalue weighted by atomic mass is 16.4. The number of hydrogen-bond acceptors (Lipinski definition) is 7. The van der Waals surface area contributed by atoms with Gasteiger partial charge in [-0.3, -0.25) is 9.78 Å². The van der Waals surface area contributed by atoms with Gasteiger partial charge < -0.3 is 26.2 Å². The first-order valence-corrected chi connectivity index (χ1v) is 4.32. The van der Waals surface area contributed by atoms with Gasteiger partial charge in [0, 0.05) is 0 Å². The van der Waals surface area contributed by atoms with Gasteiger partial charge in [-0.05, 0) is 0 Å². The SMILES string of the molecule is Nc1nc2c(c(=O)[nH]1)NCN2C(O)C(=O)O. The molecule has 9 heteroatoms. The number of anilines is 3. The summed E-state index contributed by atoms with van der Waals surface area (Å²) in [5.41, 5.74) is 4.90. The Morgan fingerprint density at radius 1 is 1.62 bits per heavy atom. The van der Waals surface area contributed by atoms with Crippen LogP contribution < -0.4 is 21.5 Å². The van der Waals surface area contributed by atoms with Gasteiger partial charge in [-0.2, -0.15) is 4.98 Å². The average molecular weight is 227 g/mol. The van der Waals surface area contributed by atoms with Gasteiger partial charge in [0.25, 0.3) is 5.56 Å². The second-order valence-corrected chi connectivity index (χ2v) is 3.17. The van der Waals surface area contributed by atoms with Crippen LogP contribution in [0.4, 0.5) is 17.5 Å². The van der Waals surface area contributed by atoms with E-state index >= 15 is 0 Å². The summed E-state index contributed by atoms with van der Waals surface area (Å²) in [6.45, 7) is -0.0255.